The van der Waals surface area contributed by atoms with Crippen molar-refractivity contribution in [1.29, 1.82) is 0 Å². The molecule has 1 fully saturated rings. The van der Waals surface area contributed by atoms with Gasteiger partial charge in [-0.05, 0) is 26.2 Å². The van der Waals surface area contributed by atoms with E-state index in [0.717, 1.165) is 43.9 Å². The molecule has 1 aromatic heterocycles. The minimum absolute atomic E-state index is 0.0415. The molecule has 0 atom stereocenters. The van der Waals surface area contributed by atoms with Gasteiger partial charge in [-0.2, -0.15) is 0 Å². The molecule has 0 unspecified atom stereocenters. The topological polar surface area (TPSA) is 47.0 Å². The van der Waals surface area contributed by atoms with Crippen molar-refractivity contribution in [3.05, 3.63) is 17.0 Å². The third-order valence-corrected chi connectivity index (χ3v) is 3.59. The molecular weight excluding hydrogens is 238 g/mol. The van der Waals surface area contributed by atoms with Gasteiger partial charge in [0, 0.05) is 24.3 Å². The average Bonchev–Trinajstić information content (AvgIpc) is 2.30. The summed E-state index contributed by atoms with van der Waals surface area (Å²) < 4.78 is 5.38. The first kappa shape index (κ1) is 12.6. The highest BCUT2D eigenvalue weighted by Gasteiger charge is 2.28. The Hall–Kier alpha value is -0.870. The van der Waals surface area contributed by atoms with Crippen molar-refractivity contribution in [2.24, 2.45) is 0 Å². The monoisotopic (exact) mass is 255 g/mol. The van der Waals surface area contributed by atoms with Gasteiger partial charge in [0.1, 0.15) is 17.3 Å². The maximum atomic E-state index is 6.08. The molecule has 0 aromatic carbocycles. The van der Waals surface area contributed by atoms with Gasteiger partial charge in [0.15, 0.2) is 0 Å². The molecule has 17 heavy (non-hydrogen) atoms. The van der Waals surface area contributed by atoms with E-state index < -0.39 is 0 Å². The van der Waals surface area contributed by atoms with Crippen molar-refractivity contribution in [1.82, 2.24) is 9.97 Å². The van der Waals surface area contributed by atoms with E-state index in [1.54, 1.807) is 0 Å². The van der Waals surface area contributed by atoms with Crippen LogP contribution in [0.15, 0.2) is 6.33 Å². The number of ether oxygens (including phenoxy) is 1. The molecule has 1 aliphatic heterocycles. The number of anilines is 1. The fourth-order valence-electron chi connectivity index (χ4n) is 2.04. The molecule has 2 rings (SSSR count). The van der Waals surface area contributed by atoms with Crippen molar-refractivity contribution in [3.63, 3.8) is 0 Å². The normalized spacial score (nSPS) is 19.0. The molecule has 4 nitrogen and oxygen atoms in total. The summed E-state index contributed by atoms with van der Waals surface area (Å²) in [4.78, 5) is 8.32. The number of halogens is 1. The van der Waals surface area contributed by atoms with Gasteiger partial charge in [-0.1, -0.05) is 18.5 Å². The Balaban J connectivity index is 2.20. The summed E-state index contributed by atoms with van der Waals surface area (Å²) in [7, 11) is 0. The van der Waals surface area contributed by atoms with Gasteiger partial charge in [-0.25, -0.2) is 9.97 Å². The van der Waals surface area contributed by atoms with Crippen LogP contribution in [0.2, 0.25) is 5.15 Å². The van der Waals surface area contributed by atoms with Crippen LogP contribution < -0.4 is 5.32 Å². The second-order valence-electron chi connectivity index (χ2n) is 4.64. The Morgan fingerprint density at radius 2 is 2.12 bits per heavy atom. The van der Waals surface area contributed by atoms with Gasteiger partial charge >= 0.3 is 0 Å². The Morgan fingerprint density at radius 3 is 2.76 bits per heavy atom. The summed E-state index contributed by atoms with van der Waals surface area (Å²) in [5, 5.41) is 4.04. The van der Waals surface area contributed by atoms with E-state index in [9.17, 15) is 0 Å². The quantitative estimate of drug-likeness (QED) is 0.844. The standard InChI is InChI=1S/C12H18ClN3O/c1-3-9-10(13)14-8-15-11(9)16-12(2)4-6-17-7-5-12/h8H,3-7H2,1-2H3,(H,14,15,16). The minimum Gasteiger partial charge on any atom is -0.381 e. The highest BCUT2D eigenvalue weighted by atomic mass is 35.5. The third kappa shape index (κ3) is 2.87. The zero-order valence-corrected chi connectivity index (χ0v) is 11.0. The van der Waals surface area contributed by atoms with Crippen molar-refractivity contribution >= 4 is 17.4 Å². The first-order valence-electron chi connectivity index (χ1n) is 6.00. The van der Waals surface area contributed by atoms with E-state index in [4.69, 9.17) is 16.3 Å². The zero-order chi connectivity index (χ0) is 12.3. The molecular formula is C12H18ClN3O. The van der Waals surface area contributed by atoms with Crippen molar-refractivity contribution in [2.75, 3.05) is 18.5 Å². The second-order valence-corrected chi connectivity index (χ2v) is 5.00. The lowest BCUT2D eigenvalue weighted by Gasteiger charge is -2.35. The lowest BCUT2D eigenvalue weighted by atomic mass is 9.92. The van der Waals surface area contributed by atoms with Crippen LogP contribution in [0.1, 0.15) is 32.3 Å². The summed E-state index contributed by atoms with van der Waals surface area (Å²) >= 11 is 6.08. The molecule has 0 spiro atoms. The number of aromatic nitrogens is 2. The summed E-state index contributed by atoms with van der Waals surface area (Å²) in [5.74, 6) is 0.858. The van der Waals surface area contributed by atoms with Gasteiger partial charge in [0.2, 0.25) is 0 Å². The van der Waals surface area contributed by atoms with Crippen LogP contribution in [0.5, 0.6) is 0 Å². The Morgan fingerprint density at radius 1 is 1.41 bits per heavy atom. The van der Waals surface area contributed by atoms with E-state index in [0.29, 0.717) is 5.15 Å². The molecule has 5 heteroatoms. The van der Waals surface area contributed by atoms with Crippen molar-refractivity contribution in [2.45, 2.75) is 38.6 Å². The first-order valence-corrected chi connectivity index (χ1v) is 6.38. The molecule has 0 amide bonds. The highest BCUT2D eigenvalue weighted by molar-refractivity contribution is 6.30. The molecule has 1 N–H and O–H groups in total. The fraction of sp³-hybridized carbons (Fsp3) is 0.667. The first-order chi connectivity index (χ1) is 8.14. The lowest BCUT2D eigenvalue weighted by Crippen LogP contribution is -2.41. The number of nitrogens with zero attached hydrogens (tertiary/aromatic N) is 2. The maximum absolute atomic E-state index is 6.08. The molecule has 2 heterocycles. The van der Waals surface area contributed by atoms with Crippen LogP contribution in [0.25, 0.3) is 0 Å². The van der Waals surface area contributed by atoms with E-state index in [-0.39, 0.29) is 5.54 Å². The molecule has 94 valence electrons. The van der Waals surface area contributed by atoms with Gasteiger partial charge in [0.25, 0.3) is 0 Å². The van der Waals surface area contributed by atoms with Crippen molar-refractivity contribution < 1.29 is 4.74 Å². The average molecular weight is 256 g/mol. The van der Waals surface area contributed by atoms with Crippen LogP contribution in [-0.4, -0.2) is 28.7 Å². The van der Waals surface area contributed by atoms with Gasteiger partial charge in [0.05, 0.1) is 0 Å². The predicted molar refractivity (Wildman–Crippen MR) is 68.5 cm³/mol. The second kappa shape index (κ2) is 5.19. The molecule has 1 saturated heterocycles. The third-order valence-electron chi connectivity index (χ3n) is 3.26. The van der Waals surface area contributed by atoms with Crippen LogP contribution >= 0.6 is 11.6 Å². The summed E-state index contributed by atoms with van der Waals surface area (Å²) in [5.41, 5.74) is 1.03. The molecule has 0 aliphatic carbocycles. The summed E-state index contributed by atoms with van der Waals surface area (Å²) in [6.45, 7) is 5.85. The number of hydrogen-bond acceptors (Lipinski definition) is 4. The number of nitrogens with one attached hydrogen (secondary N) is 1. The molecule has 0 radical (unpaired) electrons. The van der Waals surface area contributed by atoms with E-state index in [2.05, 4.69) is 29.1 Å². The smallest absolute Gasteiger partial charge is 0.137 e. The van der Waals surface area contributed by atoms with Gasteiger partial charge < -0.3 is 10.1 Å². The molecule has 1 aliphatic rings. The lowest BCUT2D eigenvalue weighted by molar-refractivity contribution is 0.0657. The molecule has 0 bridgehead atoms. The fourth-order valence-corrected chi connectivity index (χ4v) is 2.31. The largest absolute Gasteiger partial charge is 0.381 e. The van der Waals surface area contributed by atoms with Crippen LogP contribution in [0.4, 0.5) is 5.82 Å². The van der Waals surface area contributed by atoms with Crippen LogP contribution in [0, 0.1) is 0 Å². The zero-order valence-electron chi connectivity index (χ0n) is 10.3. The Labute approximate surface area is 107 Å². The van der Waals surface area contributed by atoms with Gasteiger partial charge in [-0.3, -0.25) is 0 Å². The van der Waals surface area contributed by atoms with Crippen LogP contribution in [-0.2, 0) is 11.2 Å². The number of hydrogen-bond donors (Lipinski definition) is 1. The minimum atomic E-state index is 0.0415. The van der Waals surface area contributed by atoms with Crippen molar-refractivity contribution in [3.8, 4) is 0 Å². The number of rotatable bonds is 3. The Kier molecular flexibility index (Phi) is 3.84. The van der Waals surface area contributed by atoms with Gasteiger partial charge in [-0.15, -0.1) is 0 Å². The Bertz CT molecular complexity index is 391. The highest BCUT2D eigenvalue weighted by Crippen LogP contribution is 2.28. The van der Waals surface area contributed by atoms with E-state index >= 15 is 0 Å². The van der Waals surface area contributed by atoms with E-state index in [1.807, 2.05) is 0 Å². The summed E-state index contributed by atoms with van der Waals surface area (Å²) in [6.07, 6.45) is 4.30. The van der Waals surface area contributed by atoms with Crippen LogP contribution in [0.3, 0.4) is 0 Å². The predicted octanol–water partition coefficient (Wildman–Crippen LogP) is 2.67. The SMILES string of the molecule is CCc1c(Cl)ncnc1NC1(C)CCOCC1. The molecule has 1 aromatic rings. The summed E-state index contributed by atoms with van der Waals surface area (Å²) in [6, 6.07) is 0. The van der Waals surface area contributed by atoms with E-state index in [1.165, 1.54) is 6.33 Å². The maximum Gasteiger partial charge on any atom is 0.137 e. The molecule has 0 saturated carbocycles.